The van der Waals surface area contributed by atoms with Crippen LogP contribution in [-0.4, -0.2) is 58.6 Å². The number of hydrogen-bond acceptors (Lipinski definition) is 7. The zero-order chi connectivity index (χ0) is 32.5. The molecule has 2 heterocycles. The molecule has 1 aliphatic heterocycles. The molecule has 2 aliphatic rings. The Bertz CT molecular complexity index is 1620. The zero-order valence-electron chi connectivity index (χ0n) is 27.2. The zero-order valence-corrected chi connectivity index (χ0v) is 28.0. The summed E-state index contributed by atoms with van der Waals surface area (Å²) in [5, 5.41) is 10.7. The average molecular weight is 635 g/mol. The highest BCUT2D eigenvalue weighted by Crippen LogP contribution is 2.37. The van der Waals surface area contributed by atoms with Gasteiger partial charge in [-0.1, -0.05) is 38.1 Å². The number of rotatable bonds is 6. The van der Waals surface area contributed by atoms with Crippen molar-refractivity contribution < 1.29 is 23.1 Å². The minimum absolute atomic E-state index is 0.0411. The van der Waals surface area contributed by atoms with Crippen molar-refractivity contribution >= 4 is 21.9 Å². The number of benzene rings is 2. The third-order valence-corrected chi connectivity index (χ3v) is 10.6. The van der Waals surface area contributed by atoms with Gasteiger partial charge in [-0.25, -0.2) is 18.1 Å². The first-order valence-corrected chi connectivity index (χ1v) is 17.5. The first-order valence-electron chi connectivity index (χ1n) is 16.0. The first kappa shape index (κ1) is 32.9. The third-order valence-electron chi connectivity index (χ3n) is 9.27. The Balaban J connectivity index is 1.62. The van der Waals surface area contributed by atoms with Crippen LogP contribution in [0.3, 0.4) is 0 Å². The summed E-state index contributed by atoms with van der Waals surface area (Å²) < 4.78 is 36.2. The quantitative estimate of drug-likeness (QED) is 0.316. The molecule has 3 aromatic rings. The number of carbonyl (C=O) groups excluding carboxylic acids is 1. The lowest BCUT2D eigenvalue weighted by Gasteiger charge is -2.43. The van der Waals surface area contributed by atoms with E-state index in [0.29, 0.717) is 23.6 Å². The number of nitrogens with zero attached hydrogens (tertiary/aromatic N) is 3. The van der Waals surface area contributed by atoms with E-state index in [1.54, 1.807) is 18.2 Å². The van der Waals surface area contributed by atoms with Crippen LogP contribution < -0.4 is 9.46 Å². The molecule has 2 N–H and O–H groups in total. The summed E-state index contributed by atoms with van der Waals surface area (Å²) in [6, 6.07) is 13.5. The Hall–Kier alpha value is -3.50. The van der Waals surface area contributed by atoms with Gasteiger partial charge in [-0.3, -0.25) is 4.79 Å². The van der Waals surface area contributed by atoms with E-state index in [1.165, 1.54) is 12.1 Å². The fraction of sp³-hybridized carbons (Fsp3) is 0.514. The van der Waals surface area contributed by atoms with Gasteiger partial charge in [0.15, 0.2) is 0 Å². The van der Waals surface area contributed by atoms with E-state index in [-0.39, 0.29) is 47.2 Å². The molecular formula is C35H46N4O5S. The summed E-state index contributed by atoms with van der Waals surface area (Å²) in [5.74, 6) is 0.480. The van der Waals surface area contributed by atoms with E-state index in [4.69, 9.17) is 4.74 Å². The maximum atomic E-state index is 14.4. The predicted molar refractivity (Wildman–Crippen MR) is 176 cm³/mol. The van der Waals surface area contributed by atoms with Gasteiger partial charge in [-0.2, -0.15) is 4.98 Å². The molecule has 242 valence electrons. The van der Waals surface area contributed by atoms with Crippen molar-refractivity contribution in [2.45, 2.75) is 103 Å². The normalized spacial score (nSPS) is 22.1. The Labute approximate surface area is 267 Å². The van der Waals surface area contributed by atoms with Gasteiger partial charge in [-0.05, 0) is 107 Å². The number of aryl methyl sites for hydroxylation is 2. The van der Waals surface area contributed by atoms with Crippen molar-refractivity contribution in [1.29, 1.82) is 0 Å². The molecule has 1 saturated carbocycles. The van der Waals surface area contributed by atoms with E-state index >= 15 is 0 Å². The number of carbonyl (C=O) groups is 1. The van der Waals surface area contributed by atoms with Crippen LogP contribution in [0.25, 0.3) is 11.3 Å². The van der Waals surface area contributed by atoms with E-state index in [9.17, 15) is 18.3 Å². The molecule has 1 aliphatic carbocycles. The molecule has 0 unspecified atom stereocenters. The minimum atomic E-state index is -4.13. The van der Waals surface area contributed by atoms with E-state index in [1.807, 2.05) is 50.8 Å². The summed E-state index contributed by atoms with van der Waals surface area (Å²) >= 11 is 0. The van der Waals surface area contributed by atoms with Gasteiger partial charge in [0, 0.05) is 23.2 Å². The van der Waals surface area contributed by atoms with Crippen LogP contribution >= 0.6 is 0 Å². The number of sulfonamides is 1. The van der Waals surface area contributed by atoms with E-state index in [0.717, 1.165) is 48.8 Å². The van der Waals surface area contributed by atoms with Crippen molar-refractivity contribution in [3.63, 3.8) is 0 Å². The molecule has 9 nitrogen and oxygen atoms in total. The van der Waals surface area contributed by atoms with Gasteiger partial charge in [0.2, 0.25) is 11.8 Å². The Morgan fingerprint density at radius 2 is 1.69 bits per heavy atom. The second-order valence-electron chi connectivity index (χ2n) is 13.6. The molecule has 1 atom stereocenters. The summed E-state index contributed by atoms with van der Waals surface area (Å²) in [7, 11) is -4.13. The molecule has 2 aromatic carbocycles. The van der Waals surface area contributed by atoms with Crippen LogP contribution in [0.2, 0.25) is 0 Å². The molecule has 1 aromatic heterocycles. The highest BCUT2D eigenvalue weighted by atomic mass is 32.2. The van der Waals surface area contributed by atoms with E-state index in [2.05, 4.69) is 28.5 Å². The molecule has 45 heavy (non-hydrogen) atoms. The average Bonchev–Trinajstić information content (AvgIpc) is 2.97. The molecule has 0 spiro atoms. The van der Waals surface area contributed by atoms with Crippen LogP contribution in [0.4, 0.5) is 5.95 Å². The van der Waals surface area contributed by atoms with Gasteiger partial charge < -0.3 is 14.7 Å². The number of ether oxygens (including phenoxy) is 1. The smallest absolute Gasteiger partial charge is 0.264 e. The predicted octanol–water partition coefficient (Wildman–Crippen LogP) is 6.53. The number of anilines is 1. The van der Waals surface area contributed by atoms with Gasteiger partial charge in [0.1, 0.15) is 6.61 Å². The van der Waals surface area contributed by atoms with Crippen molar-refractivity contribution in [1.82, 2.24) is 14.9 Å². The van der Waals surface area contributed by atoms with Gasteiger partial charge in [-0.15, -0.1) is 0 Å². The molecule has 1 amide bonds. The number of amides is 1. The van der Waals surface area contributed by atoms with Gasteiger partial charge in [0.25, 0.3) is 15.9 Å². The number of nitrogens with one attached hydrogen (secondary N) is 1. The summed E-state index contributed by atoms with van der Waals surface area (Å²) in [6.07, 6.45) is 4.67. The fourth-order valence-corrected chi connectivity index (χ4v) is 7.71. The third kappa shape index (κ3) is 7.49. The molecule has 10 heteroatoms. The summed E-state index contributed by atoms with van der Waals surface area (Å²) in [6.45, 7) is 12.2. The van der Waals surface area contributed by atoms with E-state index < -0.39 is 15.6 Å². The number of aromatic nitrogens is 2. The highest BCUT2D eigenvalue weighted by Gasteiger charge is 2.38. The molecule has 5 rings (SSSR count). The second-order valence-corrected chi connectivity index (χ2v) is 15.3. The minimum Gasteiger partial charge on any atom is -0.475 e. The Morgan fingerprint density at radius 3 is 2.33 bits per heavy atom. The standard InChI is InChI=1S/C35H46N4O5S/c1-22(2)13-16-28-21-44-31-20-30(32-23(3)9-7-10-24(32)4)36-34(37-31)38-45(42,43)29-12-8-11-25(19-29)33(40)39(28)27-17-14-26(15-18-27)35(5,6)41/h7-12,19-20,22,26-28,41H,13-18,21H2,1-6H3,(H,36,37,38)/t26?,27?,28-/m1/s1. The van der Waals surface area contributed by atoms with Gasteiger partial charge in [0.05, 0.1) is 22.2 Å². The lowest BCUT2D eigenvalue weighted by molar-refractivity contribution is -0.0171. The Kier molecular flexibility index (Phi) is 9.56. The van der Waals surface area contributed by atoms with Crippen LogP contribution in [0.5, 0.6) is 5.88 Å². The molecule has 4 bridgehead atoms. The first-order chi connectivity index (χ1) is 21.2. The fourth-order valence-electron chi connectivity index (χ4n) is 6.72. The van der Waals surface area contributed by atoms with Crippen molar-refractivity contribution in [2.24, 2.45) is 11.8 Å². The van der Waals surface area contributed by atoms with Crippen molar-refractivity contribution in [2.75, 3.05) is 11.3 Å². The molecule has 0 radical (unpaired) electrons. The monoisotopic (exact) mass is 634 g/mol. The van der Waals surface area contributed by atoms with Crippen LogP contribution in [0.1, 0.15) is 87.7 Å². The van der Waals surface area contributed by atoms with Crippen molar-refractivity contribution in [3.8, 4) is 17.1 Å². The SMILES string of the molecule is Cc1cccc(C)c1-c1cc2nc(n1)NS(=O)(=O)c1cccc(c1)C(=O)N(C1CCC(C(C)(C)O)CC1)[C@H](CCC(C)C)CO2. The van der Waals surface area contributed by atoms with Crippen molar-refractivity contribution in [3.05, 3.63) is 65.2 Å². The summed E-state index contributed by atoms with van der Waals surface area (Å²) in [5.41, 5.74) is 2.93. The second kappa shape index (κ2) is 13.1. The Morgan fingerprint density at radius 1 is 1.02 bits per heavy atom. The van der Waals surface area contributed by atoms with Crippen LogP contribution in [-0.2, 0) is 10.0 Å². The lowest BCUT2D eigenvalue weighted by atomic mass is 9.76. The topological polar surface area (TPSA) is 122 Å². The van der Waals surface area contributed by atoms with Crippen LogP contribution in [0, 0.1) is 25.7 Å². The van der Waals surface area contributed by atoms with Crippen LogP contribution in [0.15, 0.2) is 53.4 Å². The van der Waals surface area contributed by atoms with Gasteiger partial charge >= 0.3 is 0 Å². The lowest BCUT2D eigenvalue weighted by Crippen LogP contribution is -2.52. The number of hydrogen-bond donors (Lipinski definition) is 2. The molecule has 0 saturated heterocycles. The maximum Gasteiger partial charge on any atom is 0.264 e. The molecular weight excluding hydrogens is 588 g/mol. The largest absolute Gasteiger partial charge is 0.475 e. The number of aliphatic hydroxyl groups is 1. The highest BCUT2D eigenvalue weighted by molar-refractivity contribution is 7.92. The molecule has 1 fully saturated rings. The summed E-state index contributed by atoms with van der Waals surface area (Å²) in [4.78, 5) is 25.4. The maximum absolute atomic E-state index is 14.4. The number of fused-ring (bicyclic) bond motifs is 4.